The van der Waals surface area contributed by atoms with Gasteiger partial charge in [-0.1, -0.05) is 6.07 Å². The molecule has 2 aromatic rings. The lowest BCUT2D eigenvalue weighted by Gasteiger charge is -2.36. The number of carbonyl (C=O) groups excluding carboxylic acids is 1. The van der Waals surface area contributed by atoms with Crippen molar-refractivity contribution in [3.05, 3.63) is 53.0 Å². The Kier molecular flexibility index (Phi) is 5.30. The summed E-state index contributed by atoms with van der Waals surface area (Å²) in [5.74, 6) is 1.02. The maximum Gasteiger partial charge on any atom is 0.256 e. The Balaban J connectivity index is 1.24. The summed E-state index contributed by atoms with van der Waals surface area (Å²) < 4.78 is 14.8. The lowest BCUT2D eigenvalue weighted by Crippen LogP contribution is -2.49. The fraction of sp³-hybridized carbons (Fsp3) is 0.500. The van der Waals surface area contributed by atoms with E-state index in [1.54, 1.807) is 11.0 Å². The third kappa shape index (κ3) is 3.99. The van der Waals surface area contributed by atoms with Gasteiger partial charge in [0.25, 0.3) is 5.91 Å². The molecule has 2 saturated heterocycles. The third-order valence-corrected chi connectivity index (χ3v) is 6.76. The molecule has 3 heterocycles. The van der Waals surface area contributed by atoms with Gasteiger partial charge in [-0.3, -0.25) is 10.1 Å². The number of amides is 1. The predicted octanol–water partition coefficient (Wildman–Crippen LogP) is 3.12. The van der Waals surface area contributed by atoms with Crippen LogP contribution in [0.4, 0.5) is 15.9 Å². The van der Waals surface area contributed by atoms with E-state index in [0.29, 0.717) is 44.8 Å². The molecule has 1 aromatic heterocycles. The lowest BCUT2D eigenvalue weighted by molar-refractivity contribution is 0.0742. The van der Waals surface area contributed by atoms with Crippen LogP contribution in [0.3, 0.4) is 0 Å². The fourth-order valence-corrected chi connectivity index (χ4v) is 4.71. The first kappa shape index (κ1) is 20.2. The maximum atomic E-state index is 14.8. The van der Waals surface area contributed by atoms with E-state index in [1.807, 2.05) is 12.3 Å². The summed E-state index contributed by atoms with van der Waals surface area (Å²) in [4.78, 5) is 23.8. The molecule has 3 fully saturated rings. The van der Waals surface area contributed by atoms with Gasteiger partial charge in [-0.05, 0) is 61.9 Å². The van der Waals surface area contributed by atoms with Crippen molar-refractivity contribution >= 4 is 17.4 Å². The highest BCUT2D eigenvalue weighted by Gasteiger charge is 2.28. The van der Waals surface area contributed by atoms with Crippen LogP contribution in [0.25, 0.3) is 0 Å². The monoisotopic (exact) mass is 423 g/mol. The average molecular weight is 424 g/mol. The quantitative estimate of drug-likeness (QED) is 0.819. The largest absolute Gasteiger partial charge is 0.355 e. The molecule has 1 N–H and O–H groups in total. The number of rotatable bonds is 4. The highest BCUT2D eigenvalue weighted by molar-refractivity contribution is 5.95. The van der Waals surface area contributed by atoms with Crippen LogP contribution in [0.15, 0.2) is 30.5 Å². The van der Waals surface area contributed by atoms with E-state index in [-0.39, 0.29) is 11.5 Å². The molecule has 1 aromatic carbocycles. The van der Waals surface area contributed by atoms with Gasteiger partial charge in [-0.2, -0.15) is 0 Å². The number of benzene rings is 1. The number of pyridine rings is 1. The van der Waals surface area contributed by atoms with Crippen LogP contribution in [0.1, 0.15) is 47.2 Å². The van der Waals surface area contributed by atoms with E-state index in [1.165, 1.54) is 30.0 Å². The Morgan fingerprint density at radius 3 is 2.55 bits per heavy atom. The molecule has 5 rings (SSSR count). The van der Waals surface area contributed by atoms with Gasteiger partial charge in [0.1, 0.15) is 11.6 Å². The van der Waals surface area contributed by atoms with Gasteiger partial charge < -0.3 is 14.7 Å². The minimum atomic E-state index is -0.447. The zero-order valence-electron chi connectivity index (χ0n) is 18.3. The van der Waals surface area contributed by atoms with Crippen molar-refractivity contribution in [1.29, 1.82) is 0 Å². The third-order valence-electron chi connectivity index (χ3n) is 6.76. The smallest absolute Gasteiger partial charge is 0.256 e. The summed E-state index contributed by atoms with van der Waals surface area (Å²) in [6.45, 7) is 8.34. The standard InChI is InChI=1S/C24H30FN5O/c1-16-11-19(18-3-4-18)14-27-23(16)28-7-9-29(10-8-28)24(31)21-6-5-20(12-22(21)25)30-15-26-13-17(30)2/h5-6,11-12,14,17-18,26H,3-4,7-10,13,15H2,1-2H3. The van der Waals surface area contributed by atoms with Crippen LogP contribution < -0.4 is 15.1 Å². The Hall–Kier alpha value is -2.67. The number of aromatic nitrogens is 1. The van der Waals surface area contributed by atoms with Crippen LogP contribution in [0.5, 0.6) is 0 Å². The predicted molar refractivity (Wildman–Crippen MR) is 120 cm³/mol. The first-order valence-electron chi connectivity index (χ1n) is 11.3. The molecule has 3 aliphatic rings. The van der Waals surface area contributed by atoms with Crippen molar-refractivity contribution < 1.29 is 9.18 Å². The summed E-state index contributed by atoms with van der Waals surface area (Å²) in [7, 11) is 0. The van der Waals surface area contributed by atoms with Crippen LogP contribution in [-0.4, -0.2) is 61.2 Å². The first-order valence-corrected chi connectivity index (χ1v) is 11.3. The van der Waals surface area contributed by atoms with Gasteiger partial charge in [0, 0.05) is 50.6 Å². The number of piperazine rings is 1. The highest BCUT2D eigenvalue weighted by atomic mass is 19.1. The SMILES string of the molecule is Cc1cc(C2CC2)cnc1N1CCN(C(=O)c2ccc(N3CNCC3C)cc2F)CC1. The minimum absolute atomic E-state index is 0.153. The molecule has 164 valence electrons. The molecule has 1 unspecified atom stereocenters. The van der Waals surface area contributed by atoms with Crippen LogP contribution >= 0.6 is 0 Å². The zero-order valence-corrected chi connectivity index (χ0v) is 18.3. The van der Waals surface area contributed by atoms with Crippen molar-refractivity contribution in [2.45, 2.75) is 38.6 Å². The Bertz CT molecular complexity index is 984. The molecule has 0 bridgehead atoms. The highest BCUT2D eigenvalue weighted by Crippen LogP contribution is 2.40. The molecule has 2 aliphatic heterocycles. The van der Waals surface area contributed by atoms with Gasteiger partial charge in [0.2, 0.25) is 0 Å². The molecule has 31 heavy (non-hydrogen) atoms. The Labute approximate surface area is 183 Å². The Morgan fingerprint density at radius 1 is 1.16 bits per heavy atom. The van der Waals surface area contributed by atoms with Crippen molar-refractivity contribution in [2.75, 3.05) is 49.2 Å². The lowest BCUT2D eigenvalue weighted by atomic mass is 10.1. The van der Waals surface area contributed by atoms with Crippen molar-refractivity contribution in [3.8, 4) is 0 Å². The van der Waals surface area contributed by atoms with Crippen molar-refractivity contribution in [2.24, 2.45) is 0 Å². The summed E-state index contributed by atoms with van der Waals surface area (Å²) >= 11 is 0. The van der Waals surface area contributed by atoms with E-state index in [2.05, 4.69) is 35.0 Å². The van der Waals surface area contributed by atoms with E-state index in [9.17, 15) is 9.18 Å². The van der Waals surface area contributed by atoms with Gasteiger partial charge in [-0.15, -0.1) is 0 Å². The second-order valence-electron chi connectivity index (χ2n) is 9.06. The number of nitrogens with zero attached hydrogens (tertiary/aromatic N) is 4. The summed E-state index contributed by atoms with van der Waals surface area (Å²) in [6, 6.07) is 7.54. The van der Waals surface area contributed by atoms with Gasteiger partial charge in [0.15, 0.2) is 0 Å². The molecular weight excluding hydrogens is 393 g/mol. The van der Waals surface area contributed by atoms with Crippen LogP contribution in [0.2, 0.25) is 0 Å². The molecular formula is C24H30FN5O. The second-order valence-corrected chi connectivity index (χ2v) is 9.06. The van der Waals surface area contributed by atoms with Crippen molar-refractivity contribution in [1.82, 2.24) is 15.2 Å². The molecule has 6 nitrogen and oxygen atoms in total. The zero-order chi connectivity index (χ0) is 21.5. The maximum absolute atomic E-state index is 14.8. The van der Waals surface area contributed by atoms with Crippen LogP contribution in [0, 0.1) is 12.7 Å². The van der Waals surface area contributed by atoms with E-state index < -0.39 is 5.82 Å². The molecule has 0 radical (unpaired) electrons. The number of aryl methyl sites for hydroxylation is 1. The normalized spacial score (nSPS) is 21.6. The van der Waals surface area contributed by atoms with E-state index in [0.717, 1.165) is 18.1 Å². The number of anilines is 2. The number of nitrogens with one attached hydrogen (secondary N) is 1. The molecule has 1 aliphatic carbocycles. The van der Waals surface area contributed by atoms with Gasteiger partial charge in [0.05, 0.1) is 12.2 Å². The fourth-order valence-electron chi connectivity index (χ4n) is 4.71. The van der Waals surface area contributed by atoms with Crippen molar-refractivity contribution in [3.63, 3.8) is 0 Å². The van der Waals surface area contributed by atoms with E-state index in [4.69, 9.17) is 4.98 Å². The average Bonchev–Trinajstić information content (AvgIpc) is 3.54. The number of carbonyl (C=O) groups is 1. The first-order chi connectivity index (χ1) is 15.0. The van der Waals surface area contributed by atoms with Crippen LogP contribution in [-0.2, 0) is 0 Å². The molecule has 1 atom stereocenters. The summed E-state index contributed by atoms with van der Waals surface area (Å²) in [5, 5.41) is 3.28. The molecule has 1 amide bonds. The second kappa shape index (κ2) is 8.11. The molecule has 1 saturated carbocycles. The number of halogens is 1. The number of hydrogen-bond donors (Lipinski definition) is 1. The topological polar surface area (TPSA) is 51.7 Å². The number of hydrogen-bond acceptors (Lipinski definition) is 5. The summed E-state index contributed by atoms with van der Waals surface area (Å²) in [5.41, 5.74) is 3.50. The van der Waals surface area contributed by atoms with Gasteiger partial charge in [-0.25, -0.2) is 9.37 Å². The molecule has 0 spiro atoms. The molecule has 7 heteroatoms. The Morgan fingerprint density at radius 2 is 1.94 bits per heavy atom. The summed E-state index contributed by atoms with van der Waals surface area (Å²) in [6.07, 6.45) is 4.55. The van der Waals surface area contributed by atoms with E-state index >= 15 is 0 Å². The van der Waals surface area contributed by atoms with Gasteiger partial charge >= 0.3 is 0 Å². The minimum Gasteiger partial charge on any atom is -0.355 e.